The summed E-state index contributed by atoms with van der Waals surface area (Å²) < 4.78 is 15.5. The molecule has 0 spiro atoms. The maximum Gasteiger partial charge on any atom is 0.337 e. The number of carbonyl (C=O) groups is 2. The summed E-state index contributed by atoms with van der Waals surface area (Å²) in [5.41, 5.74) is 0.782. The quantitative estimate of drug-likeness (QED) is 0.617. The van der Waals surface area contributed by atoms with E-state index in [2.05, 4.69) is 10.5 Å². The Kier molecular flexibility index (Phi) is 5.74. The van der Waals surface area contributed by atoms with Gasteiger partial charge in [-0.15, -0.1) is 0 Å². The number of carbonyl (C=O) groups excluding carboxylic acids is 1. The van der Waals surface area contributed by atoms with E-state index in [1.165, 1.54) is 26.4 Å². The Labute approximate surface area is 171 Å². The molecule has 0 saturated heterocycles. The van der Waals surface area contributed by atoms with Crippen molar-refractivity contribution in [1.29, 1.82) is 0 Å². The molecule has 1 heterocycles. The van der Waals surface area contributed by atoms with Crippen LogP contribution in [-0.2, 0) is 0 Å². The molecule has 1 aromatic heterocycles. The lowest BCUT2D eigenvalue weighted by atomic mass is 10.0. The van der Waals surface area contributed by atoms with Gasteiger partial charge in [-0.05, 0) is 13.0 Å². The van der Waals surface area contributed by atoms with Crippen molar-refractivity contribution in [2.24, 2.45) is 0 Å². The van der Waals surface area contributed by atoms with Gasteiger partial charge >= 0.3 is 5.97 Å². The molecule has 0 aliphatic heterocycles. The molecule has 8 nitrogen and oxygen atoms in total. The summed E-state index contributed by atoms with van der Waals surface area (Å²) in [6, 6.07) is 9.52. The van der Waals surface area contributed by atoms with Crippen LogP contribution >= 0.6 is 11.6 Å². The van der Waals surface area contributed by atoms with Crippen molar-refractivity contribution in [2.45, 2.75) is 6.92 Å². The number of aromatic nitrogens is 1. The van der Waals surface area contributed by atoms with Gasteiger partial charge in [0, 0.05) is 17.7 Å². The van der Waals surface area contributed by atoms with Crippen LogP contribution in [0.1, 0.15) is 26.5 Å². The molecule has 1 amide bonds. The van der Waals surface area contributed by atoms with Crippen molar-refractivity contribution in [1.82, 2.24) is 5.16 Å². The predicted octanol–water partition coefficient (Wildman–Crippen LogP) is 4.27. The molecule has 9 heteroatoms. The van der Waals surface area contributed by atoms with E-state index < -0.39 is 11.9 Å². The lowest BCUT2D eigenvalue weighted by Crippen LogP contribution is -2.16. The number of benzene rings is 2. The third-order valence-corrected chi connectivity index (χ3v) is 4.55. The molecular weight excluding hydrogens is 400 g/mol. The minimum atomic E-state index is -1.24. The van der Waals surface area contributed by atoms with Crippen LogP contribution in [0.4, 0.5) is 5.69 Å². The van der Waals surface area contributed by atoms with Gasteiger partial charge < -0.3 is 24.4 Å². The highest BCUT2D eigenvalue weighted by atomic mass is 35.5. The second-order valence-electron chi connectivity index (χ2n) is 5.95. The number of hydrogen-bond acceptors (Lipinski definition) is 6. The normalized spacial score (nSPS) is 10.5. The first kappa shape index (κ1) is 20.2. The molecule has 150 valence electrons. The lowest BCUT2D eigenvalue weighted by molar-refractivity contribution is 0.0697. The van der Waals surface area contributed by atoms with Crippen molar-refractivity contribution in [3.63, 3.8) is 0 Å². The van der Waals surface area contributed by atoms with E-state index in [1.54, 1.807) is 31.2 Å². The minimum absolute atomic E-state index is 0.0332. The topological polar surface area (TPSA) is 111 Å². The number of amides is 1. The van der Waals surface area contributed by atoms with E-state index in [9.17, 15) is 14.7 Å². The molecule has 0 bridgehead atoms. The number of aryl methyl sites for hydroxylation is 1. The van der Waals surface area contributed by atoms with Crippen molar-refractivity contribution in [2.75, 3.05) is 19.5 Å². The monoisotopic (exact) mass is 416 g/mol. The van der Waals surface area contributed by atoms with Crippen LogP contribution in [0.5, 0.6) is 11.5 Å². The van der Waals surface area contributed by atoms with E-state index in [4.69, 9.17) is 25.6 Å². The standard InChI is InChI=1S/C20H17ClN2O6/c1-10-17(18(23-29-10)11-6-4-5-7-13(11)21)19(24)22-14-9-16(28-3)15(27-2)8-12(14)20(25)26/h4-9H,1-3H3,(H,22,24)(H,25,26). The number of ether oxygens (including phenoxy) is 2. The highest BCUT2D eigenvalue weighted by Crippen LogP contribution is 2.35. The third kappa shape index (κ3) is 3.88. The highest BCUT2D eigenvalue weighted by Gasteiger charge is 2.25. The maximum atomic E-state index is 13.0. The zero-order valence-electron chi connectivity index (χ0n) is 15.8. The SMILES string of the molecule is COc1cc(NC(=O)c2c(-c3ccccc3Cl)noc2C)c(C(=O)O)cc1OC. The molecule has 0 aliphatic carbocycles. The van der Waals surface area contributed by atoms with Crippen LogP contribution in [-0.4, -0.2) is 36.4 Å². The Hall–Kier alpha value is -3.52. The van der Waals surface area contributed by atoms with Gasteiger partial charge in [0.05, 0.1) is 30.5 Å². The molecule has 29 heavy (non-hydrogen) atoms. The van der Waals surface area contributed by atoms with Crippen LogP contribution in [0, 0.1) is 6.92 Å². The number of carboxylic acids is 1. The van der Waals surface area contributed by atoms with Crippen LogP contribution in [0.25, 0.3) is 11.3 Å². The number of methoxy groups -OCH3 is 2. The predicted molar refractivity (Wildman–Crippen MR) is 106 cm³/mol. The van der Waals surface area contributed by atoms with E-state index in [0.717, 1.165) is 0 Å². The molecule has 0 fully saturated rings. The van der Waals surface area contributed by atoms with E-state index in [0.29, 0.717) is 10.6 Å². The Morgan fingerprint density at radius 3 is 2.41 bits per heavy atom. The summed E-state index contributed by atoms with van der Waals surface area (Å²) in [6.45, 7) is 1.58. The van der Waals surface area contributed by atoms with Crippen LogP contribution < -0.4 is 14.8 Å². The highest BCUT2D eigenvalue weighted by molar-refractivity contribution is 6.33. The van der Waals surface area contributed by atoms with Gasteiger partial charge in [-0.25, -0.2) is 4.79 Å². The first-order valence-electron chi connectivity index (χ1n) is 8.39. The molecular formula is C20H17ClN2O6. The van der Waals surface area contributed by atoms with Crippen LogP contribution in [0.3, 0.4) is 0 Å². The van der Waals surface area contributed by atoms with Gasteiger partial charge in [0.2, 0.25) is 0 Å². The Balaban J connectivity index is 2.05. The number of nitrogens with one attached hydrogen (secondary N) is 1. The smallest absolute Gasteiger partial charge is 0.337 e. The molecule has 0 unspecified atom stereocenters. The molecule has 3 rings (SSSR count). The average molecular weight is 417 g/mol. The molecule has 3 aromatic rings. The van der Waals surface area contributed by atoms with E-state index in [-0.39, 0.29) is 39.8 Å². The van der Waals surface area contributed by atoms with Gasteiger partial charge in [-0.2, -0.15) is 0 Å². The Morgan fingerprint density at radius 2 is 1.79 bits per heavy atom. The summed E-state index contributed by atoms with van der Waals surface area (Å²) in [5.74, 6) is -1.10. The summed E-state index contributed by atoms with van der Waals surface area (Å²) in [4.78, 5) is 24.7. The molecule has 0 atom stereocenters. The zero-order valence-corrected chi connectivity index (χ0v) is 16.5. The second-order valence-corrected chi connectivity index (χ2v) is 6.36. The van der Waals surface area contributed by atoms with Gasteiger partial charge in [-0.1, -0.05) is 35.0 Å². The maximum absolute atomic E-state index is 13.0. The summed E-state index contributed by atoms with van der Waals surface area (Å²) >= 11 is 6.22. The van der Waals surface area contributed by atoms with Gasteiger partial charge in [-0.3, -0.25) is 4.79 Å². The number of anilines is 1. The minimum Gasteiger partial charge on any atom is -0.493 e. The number of carboxylic acid groups (broad SMARTS) is 1. The largest absolute Gasteiger partial charge is 0.493 e. The molecule has 0 saturated carbocycles. The fourth-order valence-electron chi connectivity index (χ4n) is 2.82. The Morgan fingerprint density at radius 1 is 1.14 bits per heavy atom. The summed E-state index contributed by atoms with van der Waals surface area (Å²) in [7, 11) is 2.79. The van der Waals surface area contributed by atoms with Crippen molar-refractivity contribution < 1.29 is 28.7 Å². The van der Waals surface area contributed by atoms with Gasteiger partial charge in [0.15, 0.2) is 11.5 Å². The fraction of sp³-hybridized carbons (Fsp3) is 0.150. The lowest BCUT2D eigenvalue weighted by Gasteiger charge is -2.14. The van der Waals surface area contributed by atoms with Crippen LogP contribution in [0.15, 0.2) is 40.9 Å². The Bertz CT molecular complexity index is 1090. The average Bonchev–Trinajstić information content (AvgIpc) is 3.09. The van der Waals surface area contributed by atoms with Gasteiger partial charge in [0.1, 0.15) is 17.0 Å². The number of nitrogens with zero attached hydrogens (tertiary/aromatic N) is 1. The first-order valence-corrected chi connectivity index (χ1v) is 8.77. The number of hydrogen-bond donors (Lipinski definition) is 2. The van der Waals surface area contributed by atoms with Crippen LogP contribution in [0.2, 0.25) is 5.02 Å². The molecule has 0 aliphatic rings. The second kappa shape index (κ2) is 8.24. The third-order valence-electron chi connectivity index (χ3n) is 4.22. The zero-order chi connectivity index (χ0) is 21.1. The first-order chi connectivity index (χ1) is 13.9. The van der Waals surface area contributed by atoms with E-state index >= 15 is 0 Å². The summed E-state index contributed by atoms with van der Waals surface area (Å²) in [5, 5.41) is 16.5. The van der Waals surface area contributed by atoms with Crippen molar-refractivity contribution >= 4 is 29.2 Å². The fourth-order valence-corrected chi connectivity index (χ4v) is 3.05. The molecule has 2 aromatic carbocycles. The number of halogens is 1. The van der Waals surface area contributed by atoms with Crippen molar-refractivity contribution in [3.8, 4) is 22.8 Å². The van der Waals surface area contributed by atoms with Crippen molar-refractivity contribution in [3.05, 3.63) is 58.3 Å². The van der Waals surface area contributed by atoms with E-state index in [1.807, 2.05) is 0 Å². The number of aromatic carboxylic acids is 1. The van der Waals surface area contributed by atoms with Gasteiger partial charge in [0.25, 0.3) is 5.91 Å². The number of rotatable bonds is 6. The molecule has 0 radical (unpaired) electrons. The molecule has 2 N–H and O–H groups in total. The summed E-state index contributed by atoms with van der Waals surface area (Å²) in [6.07, 6.45) is 0.